The first-order valence-corrected chi connectivity index (χ1v) is 11.9. The van der Waals surface area contributed by atoms with Crippen molar-refractivity contribution < 1.29 is 19.5 Å². The van der Waals surface area contributed by atoms with Crippen molar-refractivity contribution >= 4 is 28.5 Å². The Bertz CT molecular complexity index is 1360. The highest BCUT2D eigenvalue weighted by Crippen LogP contribution is 2.29. The van der Waals surface area contributed by atoms with Gasteiger partial charge < -0.3 is 14.6 Å². The van der Waals surface area contributed by atoms with Gasteiger partial charge in [0.15, 0.2) is 0 Å². The molecular formula is C28H28N4O4. The number of hydrogen-bond donors (Lipinski definition) is 3. The predicted molar refractivity (Wildman–Crippen MR) is 139 cm³/mol. The predicted octanol–water partition coefficient (Wildman–Crippen LogP) is 4.41. The highest BCUT2D eigenvalue weighted by Gasteiger charge is 2.25. The number of morpholine rings is 1. The molecule has 1 aliphatic heterocycles. The van der Waals surface area contributed by atoms with Gasteiger partial charge in [0.25, 0.3) is 5.91 Å². The molecule has 2 heterocycles. The van der Waals surface area contributed by atoms with E-state index in [1.807, 2.05) is 59.7 Å². The number of allylic oxidation sites excluding steroid dienone is 3. The number of H-pyrrole nitrogens is 1. The normalized spacial score (nSPS) is 15.8. The van der Waals surface area contributed by atoms with Gasteiger partial charge in [0.2, 0.25) is 0 Å². The lowest BCUT2D eigenvalue weighted by atomic mass is 10.0. The third-order valence-corrected chi connectivity index (χ3v) is 6.46. The minimum Gasteiger partial charge on any atom is -0.378 e. The Balaban J connectivity index is 1.48. The number of urea groups is 1. The maximum absolute atomic E-state index is 13.7. The van der Waals surface area contributed by atoms with Gasteiger partial charge in [-0.2, -0.15) is 0 Å². The van der Waals surface area contributed by atoms with Gasteiger partial charge in [-0.15, -0.1) is 0 Å². The fourth-order valence-electron chi connectivity index (χ4n) is 4.47. The molecule has 0 unspecified atom stereocenters. The monoisotopic (exact) mass is 484 g/mol. The Kier molecular flexibility index (Phi) is 6.97. The number of hydrogen-bond acceptors (Lipinski definition) is 4. The van der Waals surface area contributed by atoms with Gasteiger partial charge in [-0.25, -0.2) is 10.3 Å². The van der Waals surface area contributed by atoms with Crippen LogP contribution in [0.3, 0.4) is 0 Å². The van der Waals surface area contributed by atoms with Gasteiger partial charge in [0.05, 0.1) is 19.8 Å². The van der Waals surface area contributed by atoms with Crippen molar-refractivity contribution in [1.82, 2.24) is 15.4 Å². The van der Waals surface area contributed by atoms with Crippen molar-refractivity contribution in [2.75, 3.05) is 37.7 Å². The number of anilines is 1. The third-order valence-electron chi connectivity index (χ3n) is 6.46. The Morgan fingerprint density at radius 2 is 1.89 bits per heavy atom. The quantitative estimate of drug-likeness (QED) is 0.369. The van der Waals surface area contributed by atoms with Crippen molar-refractivity contribution in [3.05, 3.63) is 90.2 Å². The van der Waals surface area contributed by atoms with Crippen LogP contribution in [0.15, 0.2) is 90.2 Å². The molecule has 0 bridgehead atoms. The van der Waals surface area contributed by atoms with Crippen LogP contribution in [0.4, 0.5) is 10.5 Å². The zero-order valence-electron chi connectivity index (χ0n) is 19.8. The molecule has 8 heteroatoms. The summed E-state index contributed by atoms with van der Waals surface area (Å²) < 4.78 is 5.45. The van der Waals surface area contributed by atoms with Gasteiger partial charge in [0.1, 0.15) is 0 Å². The standard InChI is InChI=1S/C28H28N4O4/c33-27(30-35)22-4-1-3-20(7-8-22)19-32(28(34)31-13-15-36-16-14-31)25-6-2-5-23(17-25)24-10-9-21-11-12-29-26(21)18-24/h1-3,5-12,17-18,29,35H,4,13-16,19H2,(H,30,33). The lowest BCUT2D eigenvalue weighted by Gasteiger charge is -2.33. The zero-order chi connectivity index (χ0) is 24.9. The first-order chi connectivity index (χ1) is 17.6. The van der Waals surface area contributed by atoms with Crippen LogP contribution in [-0.2, 0) is 9.53 Å². The Labute approximate surface area is 209 Å². The first kappa shape index (κ1) is 23.6. The van der Waals surface area contributed by atoms with Gasteiger partial charge in [-0.05, 0) is 52.8 Å². The molecule has 5 rings (SSSR count). The topological polar surface area (TPSA) is 97.9 Å². The summed E-state index contributed by atoms with van der Waals surface area (Å²) in [4.78, 5) is 32.4. The number of carbonyl (C=O) groups is 2. The molecule has 0 radical (unpaired) electrons. The van der Waals surface area contributed by atoms with Crippen LogP contribution in [0.1, 0.15) is 6.42 Å². The number of nitrogens with zero attached hydrogens (tertiary/aromatic N) is 2. The number of aromatic nitrogens is 1. The number of nitrogens with one attached hydrogen (secondary N) is 2. The van der Waals surface area contributed by atoms with E-state index < -0.39 is 5.91 Å². The number of fused-ring (bicyclic) bond motifs is 1. The van der Waals surface area contributed by atoms with Crippen LogP contribution in [0.25, 0.3) is 22.0 Å². The molecule has 0 saturated carbocycles. The Hall–Kier alpha value is -4.14. The lowest BCUT2D eigenvalue weighted by Crippen LogP contribution is -2.48. The van der Waals surface area contributed by atoms with Crippen molar-refractivity contribution in [2.24, 2.45) is 0 Å². The molecule has 1 aliphatic carbocycles. The fraction of sp³-hybridized carbons (Fsp3) is 0.214. The van der Waals surface area contributed by atoms with E-state index in [0.717, 1.165) is 33.3 Å². The maximum Gasteiger partial charge on any atom is 0.324 e. The lowest BCUT2D eigenvalue weighted by molar-refractivity contribution is -0.125. The molecule has 8 nitrogen and oxygen atoms in total. The zero-order valence-corrected chi connectivity index (χ0v) is 19.8. The van der Waals surface area contributed by atoms with Crippen LogP contribution in [-0.4, -0.2) is 59.9 Å². The highest BCUT2D eigenvalue weighted by atomic mass is 16.5. The molecule has 1 fully saturated rings. The number of benzene rings is 2. The number of rotatable bonds is 5. The van der Waals surface area contributed by atoms with Crippen LogP contribution < -0.4 is 10.4 Å². The number of amides is 3. The average Bonchev–Trinajstić information content (AvgIpc) is 3.28. The number of hydroxylamine groups is 1. The summed E-state index contributed by atoms with van der Waals surface area (Å²) in [7, 11) is 0. The Morgan fingerprint density at radius 1 is 1.06 bits per heavy atom. The summed E-state index contributed by atoms with van der Waals surface area (Å²) >= 11 is 0. The molecule has 3 N–H and O–H groups in total. The van der Waals surface area contributed by atoms with Crippen LogP contribution in [0.2, 0.25) is 0 Å². The summed E-state index contributed by atoms with van der Waals surface area (Å²) in [6.07, 6.45) is 9.58. The van der Waals surface area contributed by atoms with Crippen LogP contribution in [0.5, 0.6) is 0 Å². The third kappa shape index (κ3) is 5.10. The highest BCUT2D eigenvalue weighted by molar-refractivity contribution is 5.95. The second-order valence-electron chi connectivity index (χ2n) is 8.78. The van der Waals surface area contributed by atoms with Gasteiger partial charge in [0, 0.05) is 36.1 Å². The number of aromatic amines is 1. The van der Waals surface area contributed by atoms with Crippen molar-refractivity contribution in [1.29, 1.82) is 0 Å². The first-order valence-electron chi connectivity index (χ1n) is 11.9. The molecule has 1 aromatic heterocycles. The van der Waals surface area contributed by atoms with Crippen LogP contribution >= 0.6 is 0 Å². The maximum atomic E-state index is 13.7. The summed E-state index contributed by atoms with van der Waals surface area (Å²) in [5.74, 6) is -0.537. The fourth-order valence-corrected chi connectivity index (χ4v) is 4.47. The molecule has 0 atom stereocenters. The van der Waals surface area contributed by atoms with Crippen molar-refractivity contribution in [3.63, 3.8) is 0 Å². The Morgan fingerprint density at radius 3 is 2.72 bits per heavy atom. The molecule has 184 valence electrons. The van der Waals surface area contributed by atoms with Crippen LogP contribution in [0, 0.1) is 0 Å². The summed E-state index contributed by atoms with van der Waals surface area (Å²) in [5, 5.41) is 10.1. The summed E-state index contributed by atoms with van der Waals surface area (Å²) in [6, 6.07) is 16.2. The van der Waals surface area contributed by atoms with E-state index in [0.29, 0.717) is 44.8 Å². The van der Waals surface area contributed by atoms with E-state index in [4.69, 9.17) is 9.94 Å². The second-order valence-corrected chi connectivity index (χ2v) is 8.78. The largest absolute Gasteiger partial charge is 0.378 e. The van der Waals surface area contributed by atoms with E-state index >= 15 is 0 Å². The minimum absolute atomic E-state index is 0.0916. The van der Waals surface area contributed by atoms with E-state index in [1.54, 1.807) is 16.5 Å². The molecule has 1 saturated heterocycles. The molecule has 3 amide bonds. The smallest absolute Gasteiger partial charge is 0.324 e. The van der Waals surface area contributed by atoms with E-state index in [2.05, 4.69) is 23.2 Å². The molecule has 2 aliphatic rings. The molecular weight excluding hydrogens is 456 g/mol. The average molecular weight is 485 g/mol. The summed E-state index contributed by atoms with van der Waals surface area (Å²) in [6.45, 7) is 2.43. The molecule has 3 aromatic rings. The van der Waals surface area contributed by atoms with Gasteiger partial charge in [-0.1, -0.05) is 48.6 Å². The van der Waals surface area contributed by atoms with Gasteiger partial charge in [-0.3, -0.25) is 14.9 Å². The van der Waals surface area contributed by atoms with Crippen molar-refractivity contribution in [2.45, 2.75) is 6.42 Å². The van der Waals surface area contributed by atoms with E-state index in [-0.39, 0.29) is 6.03 Å². The van der Waals surface area contributed by atoms with E-state index in [9.17, 15) is 9.59 Å². The minimum atomic E-state index is -0.537. The van der Waals surface area contributed by atoms with Gasteiger partial charge >= 0.3 is 6.03 Å². The summed E-state index contributed by atoms with van der Waals surface area (Å²) in [5.41, 5.74) is 6.90. The van der Waals surface area contributed by atoms with Crippen molar-refractivity contribution in [3.8, 4) is 11.1 Å². The second kappa shape index (κ2) is 10.6. The molecule has 2 aromatic carbocycles. The van der Waals surface area contributed by atoms with E-state index in [1.165, 1.54) is 0 Å². The SMILES string of the molecule is O=C(NO)C1=CC=C(CN(C(=O)N2CCOCC2)c2cccc(-c3ccc4cc[nH]c4c3)c2)C=CC1. The number of ether oxygens (including phenoxy) is 1. The number of carbonyl (C=O) groups excluding carboxylic acids is 2. The molecule has 36 heavy (non-hydrogen) atoms. The molecule has 0 spiro atoms.